The lowest BCUT2D eigenvalue weighted by Gasteiger charge is -2.03. The quantitative estimate of drug-likeness (QED) is 0.553. The molecule has 0 bridgehead atoms. The lowest BCUT2D eigenvalue weighted by atomic mass is 10.8. The number of aromatic nitrogens is 2. The summed E-state index contributed by atoms with van der Waals surface area (Å²) < 4.78 is 35.9. The molecule has 2 nitrogen and oxygen atoms in total. The summed E-state index contributed by atoms with van der Waals surface area (Å²) in [5.41, 5.74) is -4.28. The van der Waals surface area contributed by atoms with Crippen molar-refractivity contribution in [3.63, 3.8) is 0 Å². The van der Waals surface area contributed by atoms with E-state index in [1.807, 2.05) is 0 Å². The van der Waals surface area contributed by atoms with Crippen LogP contribution in [0, 0.1) is 0 Å². The average molecular weight is 200 g/mol. The molecule has 1 aromatic rings. The van der Waals surface area contributed by atoms with E-state index in [1.54, 1.807) is 0 Å². The van der Waals surface area contributed by atoms with Crippen LogP contribution in [0.5, 0.6) is 0 Å². The predicted octanol–water partition coefficient (Wildman–Crippen LogP) is 2.19. The third kappa shape index (κ3) is 2.66. The number of alkyl halides is 3. The topological polar surface area (TPSA) is 17.8 Å². The van der Waals surface area contributed by atoms with Crippen LogP contribution in [0.2, 0.25) is 0 Å². The Balaban J connectivity index is 2.72. The summed E-state index contributed by atoms with van der Waals surface area (Å²) in [7, 11) is 0. The van der Waals surface area contributed by atoms with Gasteiger partial charge in [0.2, 0.25) is 0 Å². The SMILES string of the molecule is FC(F)(F)Sc1ccnn1S. The zero-order valence-corrected chi connectivity index (χ0v) is 6.75. The van der Waals surface area contributed by atoms with E-state index in [2.05, 4.69) is 17.9 Å². The fraction of sp³-hybridized carbons (Fsp3) is 0.250. The Morgan fingerprint density at radius 2 is 2.18 bits per heavy atom. The smallest absolute Gasteiger partial charge is 0.203 e. The summed E-state index contributed by atoms with van der Waals surface area (Å²) in [5.74, 6) is 0. The van der Waals surface area contributed by atoms with E-state index in [9.17, 15) is 13.2 Å². The van der Waals surface area contributed by atoms with Crippen molar-refractivity contribution in [1.29, 1.82) is 0 Å². The van der Waals surface area contributed by atoms with Gasteiger partial charge in [0.1, 0.15) is 5.03 Å². The number of hydrogen-bond donors (Lipinski definition) is 1. The summed E-state index contributed by atoms with van der Waals surface area (Å²) in [5, 5.41) is 3.42. The highest BCUT2D eigenvalue weighted by Crippen LogP contribution is 2.36. The molecule has 7 heteroatoms. The molecule has 0 N–H and O–H groups in total. The van der Waals surface area contributed by atoms with Crippen LogP contribution in [0.25, 0.3) is 0 Å². The maximum atomic E-state index is 11.7. The third-order valence-electron chi connectivity index (χ3n) is 0.811. The molecule has 0 aliphatic rings. The Hall–Kier alpha value is -0.300. The van der Waals surface area contributed by atoms with Crippen molar-refractivity contribution >= 4 is 24.6 Å². The molecule has 11 heavy (non-hydrogen) atoms. The number of thioether (sulfide) groups is 1. The number of nitrogens with zero attached hydrogens (tertiary/aromatic N) is 2. The minimum Gasteiger partial charge on any atom is -0.203 e. The number of rotatable bonds is 1. The standard InChI is InChI=1S/C4H3F3N2S2/c5-4(6,7)11-3-1-2-8-9(3)10/h1-2,10H. The van der Waals surface area contributed by atoms with Crippen LogP contribution in [0.4, 0.5) is 13.2 Å². The van der Waals surface area contributed by atoms with Crippen molar-refractivity contribution < 1.29 is 13.2 Å². The van der Waals surface area contributed by atoms with Gasteiger partial charge in [-0.2, -0.15) is 18.3 Å². The predicted molar refractivity (Wildman–Crippen MR) is 38.5 cm³/mol. The van der Waals surface area contributed by atoms with Gasteiger partial charge in [0.25, 0.3) is 0 Å². The van der Waals surface area contributed by atoms with E-state index < -0.39 is 5.51 Å². The van der Waals surface area contributed by atoms with Gasteiger partial charge in [0.05, 0.1) is 6.20 Å². The van der Waals surface area contributed by atoms with Crippen molar-refractivity contribution in [2.45, 2.75) is 10.5 Å². The zero-order valence-electron chi connectivity index (χ0n) is 5.04. The Bertz CT molecular complexity index is 244. The summed E-state index contributed by atoms with van der Waals surface area (Å²) >= 11 is 3.40. The van der Waals surface area contributed by atoms with Crippen LogP contribution in [-0.4, -0.2) is 14.7 Å². The first-order valence-corrected chi connectivity index (χ1v) is 3.70. The summed E-state index contributed by atoms with van der Waals surface area (Å²) in [6.45, 7) is 0. The number of halogens is 3. The van der Waals surface area contributed by atoms with E-state index in [0.717, 1.165) is 4.09 Å². The van der Waals surface area contributed by atoms with E-state index in [4.69, 9.17) is 0 Å². The molecular formula is C4H3F3N2S2. The Morgan fingerprint density at radius 1 is 1.55 bits per heavy atom. The van der Waals surface area contributed by atoms with Crippen molar-refractivity contribution in [2.75, 3.05) is 0 Å². The number of hydrogen-bond acceptors (Lipinski definition) is 3. The van der Waals surface area contributed by atoms with Gasteiger partial charge < -0.3 is 0 Å². The van der Waals surface area contributed by atoms with E-state index in [1.165, 1.54) is 12.3 Å². The molecule has 62 valence electrons. The first kappa shape index (κ1) is 8.79. The highest BCUT2D eigenvalue weighted by atomic mass is 32.2. The maximum absolute atomic E-state index is 11.7. The Kier molecular flexibility index (Phi) is 2.38. The van der Waals surface area contributed by atoms with Gasteiger partial charge in [0, 0.05) is 11.8 Å². The van der Waals surface area contributed by atoms with Gasteiger partial charge in [-0.05, 0) is 18.9 Å². The van der Waals surface area contributed by atoms with Crippen molar-refractivity contribution in [3.05, 3.63) is 12.3 Å². The van der Waals surface area contributed by atoms with Crippen LogP contribution in [0.15, 0.2) is 17.3 Å². The number of thiol groups is 1. The lowest BCUT2D eigenvalue weighted by molar-refractivity contribution is -0.0329. The van der Waals surface area contributed by atoms with Crippen LogP contribution >= 0.6 is 24.6 Å². The minimum absolute atomic E-state index is 0.0409. The Morgan fingerprint density at radius 3 is 2.55 bits per heavy atom. The summed E-state index contributed by atoms with van der Waals surface area (Å²) in [6.07, 6.45) is 1.25. The fourth-order valence-corrected chi connectivity index (χ4v) is 1.22. The molecule has 0 aliphatic heterocycles. The van der Waals surface area contributed by atoms with Crippen LogP contribution in [0.3, 0.4) is 0 Å². The molecule has 0 atom stereocenters. The van der Waals surface area contributed by atoms with Gasteiger partial charge in [-0.3, -0.25) is 0 Å². The molecule has 1 rings (SSSR count). The monoisotopic (exact) mass is 200 g/mol. The van der Waals surface area contributed by atoms with Gasteiger partial charge in [-0.1, -0.05) is 0 Å². The molecule has 0 amide bonds. The average Bonchev–Trinajstić information content (AvgIpc) is 2.12. The normalized spacial score (nSPS) is 12.0. The minimum atomic E-state index is -4.28. The molecule has 1 heterocycles. The van der Waals surface area contributed by atoms with Gasteiger partial charge in [-0.15, -0.1) is 0 Å². The lowest BCUT2D eigenvalue weighted by Crippen LogP contribution is -2.00. The third-order valence-corrected chi connectivity index (χ3v) is 2.01. The van der Waals surface area contributed by atoms with Gasteiger partial charge in [-0.25, -0.2) is 4.09 Å². The molecule has 0 radical (unpaired) electrons. The van der Waals surface area contributed by atoms with E-state index in [-0.39, 0.29) is 16.8 Å². The van der Waals surface area contributed by atoms with Crippen LogP contribution < -0.4 is 0 Å². The van der Waals surface area contributed by atoms with Crippen LogP contribution in [-0.2, 0) is 0 Å². The first-order valence-electron chi connectivity index (χ1n) is 2.48. The van der Waals surface area contributed by atoms with E-state index >= 15 is 0 Å². The highest BCUT2D eigenvalue weighted by Gasteiger charge is 2.30. The second kappa shape index (κ2) is 2.98. The zero-order chi connectivity index (χ0) is 8.48. The van der Waals surface area contributed by atoms with Gasteiger partial charge in [0.15, 0.2) is 0 Å². The van der Waals surface area contributed by atoms with Gasteiger partial charge >= 0.3 is 5.51 Å². The molecule has 0 aromatic carbocycles. The van der Waals surface area contributed by atoms with Crippen molar-refractivity contribution in [1.82, 2.24) is 9.19 Å². The van der Waals surface area contributed by atoms with Crippen molar-refractivity contribution in [3.8, 4) is 0 Å². The maximum Gasteiger partial charge on any atom is 0.447 e. The highest BCUT2D eigenvalue weighted by molar-refractivity contribution is 8.00. The molecule has 0 spiro atoms. The molecule has 0 saturated heterocycles. The fourth-order valence-electron chi connectivity index (χ4n) is 0.477. The molecular weight excluding hydrogens is 197 g/mol. The summed E-state index contributed by atoms with van der Waals surface area (Å²) in [4.78, 5) is 0. The molecule has 0 aliphatic carbocycles. The molecule has 0 unspecified atom stereocenters. The summed E-state index contributed by atoms with van der Waals surface area (Å²) in [6, 6.07) is 1.24. The largest absolute Gasteiger partial charge is 0.447 e. The molecule has 0 fully saturated rings. The van der Waals surface area contributed by atoms with E-state index in [0.29, 0.717) is 0 Å². The second-order valence-electron chi connectivity index (χ2n) is 1.61. The first-order chi connectivity index (χ1) is 4.99. The molecule has 1 aromatic heterocycles. The van der Waals surface area contributed by atoms with Crippen LogP contribution in [0.1, 0.15) is 0 Å². The second-order valence-corrected chi connectivity index (χ2v) is 3.07. The molecule has 0 saturated carbocycles. The Labute approximate surface area is 70.3 Å². The van der Waals surface area contributed by atoms with Crippen molar-refractivity contribution in [2.24, 2.45) is 0 Å².